The normalized spacial score (nSPS) is 19.7. The second kappa shape index (κ2) is 6.75. The molecule has 1 fully saturated rings. The third-order valence-electron chi connectivity index (χ3n) is 3.53. The summed E-state index contributed by atoms with van der Waals surface area (Å²) in [5.41, 5.74) is 0. The van der Waals surface area contributed by atoms with Crippen LogP contribution in [0.5, 0.6) is 0 Å². The minimum absolute atomic E-state index is 0.0587. The Bertz CT molecular complexity index is 413. The van der Waals surface area contributed by atoms with Gasteiger partial charge in [-0.25, -0.2) is 0 Å². The number of rotatable bonds is 5. The molecule has 0 spiro atoms. The molecule has 2 heterocycles. The average molecular weight is 265 g/mol. The van der Waals surface area contributed by atoms with Crippen molar-refractivity contribution in [1.82, 2.24) is 4.90 Å². The van der Waals surface area contributed by atoms with Crippen molar-refractivity contribution in [3.05, 3.63) is 23.7 Å². The predicted octanol–water partition coefficient (Wildman–Crippen LogP) is 3.07. The van der Waals surface area contributed by atoms with Crippen molar-refractivity contribution < 1.29 is 13.9 Å². The monoisotopic (exact) mass is 265 g/mol. The molecule has 0 N–H and O–H groups in total. The number of unbranched alkanes of at least 4 members (excludes halogenated alkanes) is 2. The van der Waals surface area contributed by atoms with Crippen LogP contribution < -0.4 is 0 Å². The average Bonchev–Trinajstić information content (AvgIpc) is 2.85. The Balaban J connectivity index is 2.01. The van der Waals surface area contributed by atoms with E-state index in [0.29, 0.717) is 26.2 Å². The van der Waals surface area contributed by atoms with Crippen molar-refractivity contribution >= 4 is 5.91 Å². The summed E-state index contributed by atoms with van der Waals surface area (Å²) in [6, 6.07) is 3.82. The molecule has 2 rings (SSSR count). The number of hydrogen-bond donors (Lipinski definition) is 0. The molecule has 19 heavy (non-hydrogen) atoms. The van der Waals surface area contributed by atoms with Gasteiger partial charge in [0.1, 0.15) is 17.6 Å². The highest BCUT2D eigenvalue weighted by atomic mass is 16.5. The quantitative estimate of drug-likeness (QED) is 0.768. The maximum Gasteiger partial charge on any atom is 0.223 e. The van der Waals surface area contributed by atoms with Crippen LogP contribution in [0.3, 0.4) is 0 Å². The maximum absolute atomic E-state index is 12.3. The zero-order valence-corrected chi connectivity index (χ0v) is 11.9. The van der Waals surface area contributed by atoms with Gasteiger partial charge in [0.25, 0.3) is 0 Å². The van der Waals surface area contributed by atoms with Crippen LogP contribution >= 0.6 is 0 Å². The van der Waals surface area contributed by atoms with Crippen LogP contribution in [0.25, 0.3) is 0 Å². The molecule has 0 aromatic carbocycles. The summed E-state index contributed by atoms with van der Waals surface area (Å²) in [6.07, 6.45) is 3.85. The topological polar surface area (TPSA) is 42.7 Å². The fourth-order valence-corrected chi connectivity index (χ4v) is 2.44. The summed E-state index contributed by atoms with van der Waals surface area (Å²) in [7, 11) is 0. The van der Waals surface area contributed by atoms with Gasteiger partial charge in [-0.15, -0.1) is 0 Å². The van der Waals surface area contributed by atoms with Gasteiger partial charge in [-0.2, -0.15) is 0 Å². The lowest BCUT2D eigenvalue weighted by atomic mass is 10.1. The van der Waals surface area contributed by atoms with Crippen molar-refractivity contribution in [3.63, 3.8) is 0 Å². The number of amides is 1. The first-order chi connectivity index (χ1) is 9.22. The Hall–Kier alpha value is -1.29. The van der Waals surface area contributed by atoms with Gasteiger partial charge in [0, 0.05) is 13.0 Å². The SMILES string of the molecule is CCCCCC(=O)N1CCOCC1c1ccc(C)o1. The van der Waals surface area contributed by atoms with E-state index in [9.17, 15) is 4.79 Å². The molecule has 0 radical (unpaired) electrons. The minimum atomic E-state index is -0.0587. The number of morpholine rings is 1. The largest absolute Gasteiger partial charge is 0.464 e. The fourth-order valence-electron chi connectivity index (χ4n) is 2.44. The van der Waals surface area contributed by atoms with Crippen LogP contribution in [0.4, 0.5) is 0 Å². The summed E-state index contributed by atoms with van der Waals surface area (Å²) < 4.78 is 11.2. The van der Waals surface area contributed by atoms with E-state index in [-0.39, 0.29) is 11.9 Å². The van der Waals surface area contributed by atoms with Crippen molar-refractivity contribution in [2.24, 2.45) is 0 Å². The van der Waals surface area contributed by atoms with Gasteiger partial charge in [-0.1, -0.05) is 19.8 Å². The Morgan fingerprint density at radius 1 is 1.42 bits per heavy atom. The highest BCUT2D eigenvalue weighted by molar-refractivity contribution is 5.76. The zero-order valence-electron chi connectivity index (χ0n) is 11.9. The maximum atomic E-state index is 12.3. The van der Waals surface area contributed by atoms with E-state index < -0.39 is 0 Å². The Kier molecular flexibility index (Phi) is 5.02. The number of furan rings is 1. The molecule has 1 unspecified atom stereocenters. The van der Waals surface area contributed by atoms with Crippen molar-refractivity contribution in [2.45, 2.75) is 45.6 Å². The lowest BCUT2D eigenvalue weighted by Gasteiger charge is -2.34. The molecule has 1 atom stereocenters. The van der Waals surface area contributed by atoms with Gasteiger partial charge in [-0.3, -0.25) is 4.79 Å². The van der Waals surface area contributed by atoms with Crippen molar-refractivity contribution in [1.29, 1.82) is 0 Å². The summed E-state index contributed by atoms with van der Waals surface area (Å²) in [5.74, 6) is 1.93. The molecule has 0 bridgehead atoms. The van der Waals surface area contributed by atoms with Crippen LogP contribution in [0, 0.1) is 6.92 Å². The van der Waals surface area contributed by atoms with E-state index in [1.807, 2.05) is 24.0 Å². The van der Waals surface area contributed by atoms with Gasteiger partial charge in [-0.05, 0) is 25.5 Å². The fraction of sp³-hybridized carbons (Fsp3) is 0.667. The molecule has 1 amide bonds. The summed E-state index contributed by atoms with van der Waals surface area (Å²) >= 11 is 0. The van der Waals surface area contributed by atoms with Gasteiger partial charge in [0.15, 0.2) is 0 Å². The third-order valence-corrected chi connectivity index (χ3v) is 3.53. The molecule has 1 aromatic rings. The molecule has 1 aromatic heterocycles. The molecule has 0 saturated carbocycles. The van der Waals surface area contributed by atoms with Crippen molar-refractivity contribution in [3.8, 4) is 0 Å². The van der Waals surface area contributed by atoms with Crippen LogP contribution in [0.2, 0.25) is 0 Å². The van der Waals surface area contributed by atoms with E-state index >= 15 is 0 Å². The number of aryl methyl sites for hydroxylation is 1. The molecule has 1 saturated heterocycles. The molecule has 0 aliphatic carbocycles. The minimum Gasteiger partial charge on any atom is -0.464 e. The van der Waals surface area contributed by atoms with E-state index in [1.165, 1.54) is 0 Å². The second-order valence-corrected chi connectivity index (χ2v) is 5.08. The lowest BCUT2D eigenvalue weighted by Crippen LogP contribution is -2.43. The van der Waals surface area contributed by atoms with Crippen molar-refractivity contribution in [2.75, 3.05) is 19.8 Å². The molecule has 1 aliphatic heterocycles. The highest BCUT2D eigenvalue weighted by Gasteiger charge is 2.30. The standard InChI is InChI=1S/C15H23NO3/c1-3-4-5-6-15(17)16-9-10-18-11-13(16)14-8-7-12(2)19-14/h7-8,13H,3-6,9-11H2,1-2H3. The van der Waals surface area contributed by atoms with Crippen LogP contribution in [0.1, 0.15) is 50.2 Å². The van der Waals surface area contributed by atoms with Crippen LogP contribution in [-0.4, -0.2) is 30.6 Å². The Labute approximate surface area is 114 Å². The second-order valence-electron chi connectivity index (χ2n) is 5.08. The first kappa shape index (κ1) is 14.1. The van der Waals surface area contributed by atoms with Crippen LogP contribution in [0.15, 0.2) is 16.5 Å². The van der Waals surface area contributed by atoms with Crippen LogP contribution in [-0.2, 0) is 9.53 Å². The molecular weight excluding hydrogens is 242 g/mol. The van der Waals surface area contributed by atoms with E-state index in [1.54, 1.807) is 0 Å². The molecule has 106 valence electrons. The lowest BCUT2D eigenvalue weighted by molar-refractivity contribution is -0.141. The molecule has 4 heteroatoms. The van der Waals surface area contributed by atoms with E-state index in [2.05, 4.69) is 6.92 Å². The summed E-state index contributed by atoms with van der Waals surface area (Å²) in [6.45, 7) is 5.88. The van der Waals surface area contributed by atoms with Gasteiger partial charge in [0.2, 0.25) is 5.91 Å². The first-order valence-corrected chi connectivity index (χ1v) is 7.16. The number of hydrogen-bond acceptors (Lipinski definition) is 3. The van der Waals surface area contributed by atoms with Gasteiger partial charge in [0.05, 0.1) is 13.2 Å². The number of carbonyl (C=O) groups is 1. The molecule has 4 nitrogen and oxygen atoms in total. The van der Waals surface area contributed by atoms with E-state index in [4.69, 9.17) is 9.15 Å². The van der Waals surface area contributed by atoms with Gasteiger partial charge < -0.3 is 14.1 Å². The molecular formula is C15H23NO3. The first-order valence-electron chi connectivity index (χ1n) is 7.16. The summed E-state index contributed by atoms with van der Waals surface area (Å²) in [5, 5.41) is 0. The van der Waals surface area contributed by atoms with E-state index in [0.717, 1.165) is 30.8 Å². The zero-order chi connectivity index (χ0) is 13.7. The smallest absolute Gasteiger partial charge is 0.223 e. The highest BCUT2D eigenvalue weighted by Crippen LogP contribution is 2.26. The number of nitrogens with zero attached hydrogens (tertiary/aromatic N) is 1. The third kappa shape index (κ3) is 3.60. The predicted molar refractivity (Wildman–Crippen MR) is 72.9 cm³/mol. The Morgan fingerprint density at radius 3 is 2.95 bits per heavy atom. The number of ether oxygens (including phenoxy) is 1. The summed E-state index contributed by atoms with van der Waals surface area (Å²) in [4.78, 5) is 14.2. The Morgan fingerprint density at radius 2 is 2.26 bits per heavy atom. The molecule has 1 aliphatic rings. The number of carbonyl (C=O) groups excluding carboxylic acids is 1. The van der Waals surface area contributed by atoms with Gasteiger partial charge >= 0.3 is 0 Å².